The normalized spacial score (nSPS) is 18.8. The molecule has 3 N–H and O–H groups in total. The summed E-state index contributed by atoms with van der Waals surface area (Å²) >= 11 is 0. The number of rotatable bonds is 14. The number of amidine groups is 1. The van der Waals surface area contributed by atoms with Crippen molar-refractivity contribution in [2.45, 2.75) is 88.1 Å². The van der Waals surface area contributed by atoms with Crippen molar-refractivity contribution in [2.75, 3.05) is 19.7 Å². The van der Waals surface area contributed by atoms with Crippen LogP contribution in [0.3, 0.4) is 0 Å². The molecule has 1 amide bonds. The number of piperidine rings is 1. The predicted octanol–water partition coefficient (Wildman–Crippen LogP) is 4.59. The van der Waals surface area contributed by atoms with Crippen LogP contribution in [0.2, 0.25) is 0 Å². The Labute approximate surface area is 252 Å². The molecule has 1 unspecified atom stereocenters. The number of aliphatic hydroxyl groups excluding tert-OH is 2. The van der Waals surface area contributed by atoms with Gasteiger partial charge in [-0.3, -0.25) is 9.79 Å². The number of aliphatic imine (C=N–C) groups is 1. The standard InChI is InChI=1S/C29H37F5N4O5S/c30-28(31,29(32,33)34)12-5-3-1-2-4-9-25-35-26(41)27(36-25)13-16-38(17-14-27)44(42,43)18-11-21-7-6-8-24-23(21)10-15-37(24)19-22(40)20-39/h6-8,10-11,15,18,22,39-40H,1-5,9,12-14,16-17,19-20H2,(H,35,36,41). The molecule has 1 aromatic heterocycles. The molecule has 0 bridgehead atoms. The van der Waals surface area contributed by atoms with Crippen LogP contribution in [0, 0.1) is 0 Å². The number of unbranched alkanes of at least 4 members (excludes halogenated alkanes) is 4. The molecule has 1 atom stereocenters. The Bertz CT molecular complexity index is 1480. The number of sulfonamides is 1. The number of nitrogens with zero attached hydrogens (tertiary/aromatic N) is 3. The van der Waals surface area contributed by atoms with Crippen LogP contribution in [0.5, 0.6) is 0 Å². The van der Waals surface area contributed by atoms with Crippen LogP contribution in [-0.2, 0) is 21.4 Å². The molecule has 9 nitrogen and oxygen atoms in total. The van der Waals surface area contributed by atoms with Gasteiger partial charge in [-0.25, -0.2) is 8.42 Å². The molecule has 1 aromatic carbocycles. The van der Waals surface area contributed by atoms with Crippen LogP contribution < -0.4 is 5.32 Å². The van der Waals surface area contributed by atoms with Gasteiger partial charge in [-0.1, -0.05) is 31.4 Å². The Kier molecular flexibility index (Phi) is 10.5. The van der Waals surface area contributed by atoms with E-state index in [9.17, 15) is 40.3 Å². The van der Waals surface area contributed by atoms with Crippen LogP contribution in [0.15, 0.2) is 40.9 Å². The van der Waals surface area contributed by atoms with Gasteiger partial charge in [0.25, 0.3) is 5.91 Å². The third-order valence-corrected chi connectivity index (χ3v) is 9.71. The van der Waals surface area contributed by atoms with E-state index in [1.54, 1.807) is 22.9 Å². The molecule has 4 rings (SSSR count). The van der Waals surface area contributed by atoms with E-state index in [0.29, 0.717) is 37.1 Å². The van der Waals surface area contributed by atoms with Gasteiger partial charge in [-0.05, 0) is 49.5 Å². The second kappa shape index (κ2) is 13.6. The lowest BCUT2D eigenvalue weighted by Gasteiger charge is -2.34. The molecule has 15 heteroatoms. The summed E-state index contributed by atoms with van der Waals surface area (Å²) in [4.78, 5) is 17.4. The van der Waals surface area contributed by atoms with E-state index in [0.717, 1.165) is 16.3 Å². The van der Waals surface area contributed by atoms with Crippen LogP contribution in [0.4, 0.5) is 22.0 Å². The fourth-order valence-electron chi connectivity index (χ4n) is 5.55. The Morgan fingerprint density at radius 3 is 2.41 bits per heavy atom. The lowest BCUT2D eigenvalue weighted by atomic mass is 9.89. The highest BCUT2D eigenvalue weighted by molar-refractivity contribution is 7.92. The van der Waals surface area contributed by atoms with Crippen molar-refractivity contribution in [2.24, 2.45) is 4.99 Å². The number of aromatic nitrogens is 1. The quantitative estimate of drug-likeness (QED) is 0.204. The number of hydrogen-bond donors (Lipinski definition) is 3. The number of alkyl halides is 5. The molecule has 244 valence electrons. The first-order valence-corrected chi connectivity index (χ1v) is 16.1. The monoisotopic (exact) mass is 648 g/mol. The van der Waals surface area contributed by atoms with Crippen molar-refractivity contribution in [1.29, 1.82) is 0 Å². The minimum Gasteiger partial charge on any atom is -0.394 e. The molecule has 1 spiro atoms. The fraction of sp³-hybridized carbons (Fsp3) is 0.586. The summed E-state index contributed by atoms with van der Waals surface area (Å²) in [5.41, 5.74) is 0.394. The van der Waals surface area contributed by atoms with Crippen LogP contribution in [0.1, 0.15) is 63.4 Å². The molecule has 0 radical (unpaired) electrons. The fourth-order valence-corrected chi connectivity index (χ4v) is 6.73. The Morgan fingerprint density at radius 2 is 1.73 bits per heavy atom. The highest BCUT2D eigenvalue weighted by Crippen LogP contribution is 2.39. The maximum atomic E-state index is 13.1. The topological polar surface area (TPSA) is 124 Å². The molecule has 44 heavy (non-hydrogen) atoms. The first kappa shape index (κ1) is 34.0. The van der Waals surface area contributed by atoms with Crippen molar-refractivity contribution in [3.8, 4) is 0 Å². The van der Waals surface area contributed by atoms with Gasteiger partial charge in [0.05, 0.1) is 19.3 Å². The Balaban J connectivity index is 1.27. The third kappa shape index (κ3) is 7.85. The highest BCUT2D eigenvalue weighted by Gasteiger charge is 2.56. The van der Waals surface area contributed by atoms with Crippen molar-refractivity contribution >= 4 is 38.7 Å². The molecule has 2 aliphatic heterocycles. The number of carbonyl (C=O) groups is 1. The van der Waals surface area contributed by atoms with E-state index in [1.807, 2.05) is 12.1 Å². The third-order valence-electron chi connectivity index (χ3n) is 8.14. The van der Waals surface area contributed by atoms with E-state index >= 15 is 0 Å². The molecule has 2 aromatic rings. The number of fused-ring (bicyclic) bond motifs is 1. The number of nitrogens with one attached hydrogen (secondary N) is 1. The molecular weight excluding hydrogens is 611 g/mol. The Hall–Kier alpha value is -2.88. The summed E-state index contributed by atoms with van der Waals surface area (Å²) in [7, 11) is -3.80. The highest BCUT2D eigenvalue weighted by atomic mass is 32.2. The SMILES string of the molecule is O=C1NC(CCCCCCCC(F)(F)C(F)(F)F)=NC12CCN(S(=O)(=O)C=Cc1cccc3c1ccn3CC(O)CO)CC2. The van der Waals surface area contributed by atoms with Gasteiger partial charge in [-0.15, -0.1) is 0 Å². The van der Waals surface area contributed by atoms with E-state index in [-0.39, 0.29) is 57.8 Å². The maximum Gasteiger partial charge on any atom is 0.453 e. The van der Waals surface area contributed by atoms with E-state index in [1.165, 1.54) is 10.4 Å². The smallest absolute Gasteiger partial charge is 0.394 e. The maximum absolute atomic E-state index is 13.1. The van der Waals surface area contributed by atoms with Gasteiger partial charge in [-0.2, -0.15) is 26.3 Å². The molecule has 3 heterocycles. The van der Waals surface area contributed by atoms with Crippen molar-refractivity contribution in [3.05, 3.63) is 41.4 Å². The number of amides is 1. The minimum atomic E-state index is -5.53. The first-order valence-electron chi connectivity index (χ1n) is 14.6. The number of aliphatic hydroxyl groups is 2. The lowest BCUT2D eigenvalue weighted by Crippen LogP contribution is -2.50. The van der Waals surface area contributed by atoms with Crippen molar-refractivity contribution in [1.82, 2.24) is 14.2 Å². The van der Waals surface area contributed by atoms with Crippen LogP contribution >= 0.6 is 0 Å². The average molecular weight is 649 g/mol. The second-order valence-corrected chi connectivity index (χ2v) is 13.2. The summed E-state index contributed by atoms with van der Waals surface area (Å²) in [6.07, 6.45) is -1.95. The molecule has 1 fully saturated rings. The molecular formula is C29H37F5N4O5S. The number of hydrogen-bond acceptors (Lipinski definition) is 6. The summed E-state index contributed by atoms with van der Waals surface area (Å²) < 4.78 is 92.0. The van der Waals surface area contributed by atoms with E-state index in [4.69, 9.17) is 5.11 Å². The molecule has 0 aliphatic carbocycles. The van der Waals surface area contributed by atoms with Crippen molar-refractivity contribution < 1.29 is 45.4 Å². The van der Waals surface area contributed by atoms with Gasteiger partial charge >= 0.3 is 12.1 Å². The van der Waals surface area contributed by atoms with Gasteiger partial charge in [0, 0.05) is 48.4 Å². The molecule has 0 saturated carbocycles. The largest absolute Gasteiger partial charge is 0.453 e. The van der Waals surface area contributed by atoms with E-state index < -0.39 is 40.2 Å². The van der Waals surface area contributed by atoms with Crippen molar-refractivity contribution in [3.63, 3.8) is 0 Å². The number of benzene rings is 1. The zero-order chi connectivity index (χ0) is 32.2. The molecule has 1 saturated heterocycles. The van der Waals surface area contributed by atoms with Gasteiger partial charge in [0.2, 0.25) is 10.0 Å². The minimum absolute atomic E-state index is 0.0963. The van der Waals surface area contributed by atoms with E-state index in [2.05, 4.69) is 10.3 Å². The lowest BCUT2D eigenvalue weighted by molar-refractivity contribution is -0.284. The Morgan fingerprint density at radius 1 is 1.05 bits per heavy atom. The predicted molar refractivity (Wildman–Crippen MR) is 155 cm³/mol. The average Bonchev–Trinajstić information content (AvgIpc) is 3.51. The van der Waals surface area contributed by atoms with Crippen LogP contribution in [0.25, 0.3) is 17.0 Å². The zero-order valence-corrected chi connectivity index (χ0v) is 24.9. The summed E-state index contributed by atoms with van der Waals surface area (Å²) in [5.74, 6) is -4.50. The second-order valence-electron chi connectivity index (χ2n) is 11.3. The first-order chi connectivity index (χ1) is 20.7. The number of halogens is 5. The summed E-state index contributed by atoms with van der Waals surface area (Å²) in [5, 5.41) is 23.6. The summed E-state index contributed by atoms with van der Waals surface area (Å²) in [6, 6.07) is 7.20. The number of carbonyl (C=O) groups excluding carboxylic acids is 1. The van der Waals surface area contributed by atoms with Gasteiger partial charge < -0.3 is 20.1 Å². The zero-order valence-electron chi connectivity index (χ0n) is 24.1. The van der Waals surface area contributed by atoms with Gasteiger partial charge in [0.1, 0.15) is 11.4 Å². The summed E-state index contributed by atoms with van der Waals surface area (Å²) in [6.45, 7) is 0.00466. The molecule has 2 aliphatic rings. The van der Waals surface area contributed by atoms with Crippen LogP contribution in [-0.4, -0.2) is 82.7 Å². The van der Waals surface area contributed by atoms with Gasteiger partial charge in [0.15, 0.2) is 0 Å².